The van der Waals surface area contributed by atoms with Crippen LogP contribution in [-0.2, 0) is 6.42 Å². The topological polar surface area (TPSA) is 107 Å². The molecule has 0 fully saturated rings. The van der Waals surface area contributed by atoms with Crippen molar-refractivity contribution in [1.82, 2.24) is 9.97 Å². The number of methoxy groups -OCH3 is 1. The summed E-state index contributed by atoms with van der Waals surface area (Å²) < 4.78 is 5.12. The third-order valence-electron chi connectivity index (χ3n) is 3.66. The van der Waals surface area contributed by atoms with Crippen LogP contribution in [0.25, 0.3) is 11.0 Å². The number of hydrogen-bond acceptors (Lipinski definition) is 5. The van der Waals surface area contributed by atoms with E-state index in [1.165, 1.54) is 12.1 Å². The number of non-ortho nitro benzene ring substituents is 1. The Labute approximate surface area is 132 Å². The van der Waals surface area contributed by atoms with Crippen LogP contribution < -0.4 is 10.5 Å². The molecule has 0 amide bonds. The smallest absolute Gasteiger partial charge is 0.271 e. The maximum absolute atomic E-state index is 10.8. The standard InChI is InChI=1S/C16H16N4O3/c1-23-12-5-2-10(3-6-12)8-13(17)16-18-14-7-4-11(20(21)22)9-15(14)19-16/h2-7,9,13H,8,17H2,1H3,(H,18,19)/t13-/m1/s1. The van der Waals surface area contributed by atoms with E-state index < -0.39 is 4.92 Å². The van der Waals surface area contributed by atoms with Crippen LogP contribution in [0.15, 0.2) is 42.5 Å². The van der Waals surface area contributed by atoms with Gasteiger partial charge in [-0.25, -0.2) is 4.98 Å². The average Bonchev–Trinajstić information content (AvgIpc) is 2.98. The Morgan fingerprint density at radius 1 is 1.30 bits per heavy atom. The van der Waals surface area contributed by atoms with Gasteiger partial charge < -0.3 is 15.5 Å². The highest BCUT2D eigenvalue weighted by atomic mass is 16.6. The molecule has 7 heteroatoms. The van der Waals surface area contributed by atoms with Gasteiger partial charge in [0.1, 0.15) is 11.6 Å². The Bertz CT molecular complexity index is 842. The maximum Gasteiger partial charge on any atom is 0.271 e. The van der Waals surface area contributed by atoms with Gasteiger partial charge in [-0.2, -0.15) is 0 Å². The summed E-state index contributed by atoms with van der Waals surface area (Å²) in [6.07, 6.45) is 0.603. The molecule has 0 bridgehead atoms. The Hall–Kier alpha value is -2.93. The van der Waals surface area contributed by atoms with Gasteiger partial charge in [-0.05, 0) is 30.2 Å². The van der Waals surface area contributed by atoms with Gasteiger partial charge in [-0.1, -0.05) is 12.1 Å². The van der Waals surface area contributed by atoms with Crippen molar-refractivity contribution in [3.05, 3.63) is 64.0 Å². The minimum Gasteiger partial charge on any atom is -0.497 e. The van der Waals surface area contributed by atoms with Gasteiger partial charge in [0, 0.05) is 12.1 Å². The highest BCUT2D eigenvalue weighted by Crippen LogP contribution is 2.22. The number of aromatic nitrogens is 2. The number of nitrogens with two attached hydrogens (primary N) is 1. The van der Waals surface area contributed by atoms with E-state index in [9.17, 15) is 10.1 Å². The predicted octanol–water partition coefficient (Wildman–Crippen LogP) is 2.72. The minimum atomic E-state index is -0.439. The number of aromatic amines is 1. The molecule has 3 N–H and O–H groups in total. The third-order valence-corrected chi connectivity index (χ3v) is 3.66. The maximum atomic E-state index is 10.8. The monoisotopic (exact) mass is 312 g/mol. The van der Waals surface area contributed by atoms with E-state index in [2.05, 4.69) is 9.97 Å². The minimum absolute atomic E-state index is 0.0132. The first-order valence-electron chi connectivity index (χ1n) is 7.09. The van der Waals surface area contributed by atoms with Gasteiger partial charge in [0.15, 0.2) is 0 Å². The van der Waals surface area contributed by atoms with Crippen molar-refractivity contribution in [3.63, 3.8) is 0 Å². The molecule has 23 heavy (non-hydrogen) atoms. The van der Waals surface area contributed by atoms with Gasteiger partial charge in [0.05, 0.1) is 29.1 Å². The van der Waals surface area contributed by atoms with Crippen LogP contribution in [0.4, 0.5) is 5.69 Å². The Balaban J connectivity index is 1.82. The summed E-state index contributed by atoms with van der Waals surface area (Å²) in [6.45, 7) is 0. The molecular formula is C16H16N4O3. The lowest BCUT2D eigenvalue weighted by Gasteiger charge is -2.09. The molecule has 1 atom stereocenters. The summed E-state index contributed by atoms with van der Waals surface area (Å²) in [5.41, 5.74) is 8.55. The summed E-state index contributed by atoms with van der Waals surface area (Å²) >= 11 is 0. The van der Waals surface area contributed by atoms with E-state index in [1.807, 2.05) is 24.3 Å². The number of rotatable bonds is 5. The molecule has 0 spiro atoms. The second kappa shape index (κ2) is 6.05. The fourth-order valence-electron chi connectivity index (χ4n) is 2.42. The van der Waals surface area contributed by atoms with Crippen molar-refractivity contribution in [2.75, 3.05) is 7.11 Å². The third kappa shape index (κ3) is 3.14. The largest absolute Gasteiger partial charge is 0.497 e. The van der Waals surface area contributed by atoms with Crippen molar-refractivity contribution in [3.8, 4) is 5.75 Å². The van der Waals surface area contributed by atoms with E-state index in [0.717, 1.165) is 16.8 Å². The lowest BCUT2D eigenvalue weighted by Crippen LogP contribution is -2.14. The van der Waals surface area contributed by atoms with Crippen LogP contribution in [0, 0.1) is 10.1 Å². The molecule has 2 aromatic carbocycles. The van der Waals surface area contributed by atoms with Crippen molar-refractivity contribution in [2.24, 2.45) is 5.73 Å². The first kappa shape index (κ1) is 15.0. The summed E-state index contributed by atoms with van der Waals surface area (Å²) in [5, 5.41) is 10.8. The second-order valence-corrected chi connectivity index (χ2v) is 5.24. The molecule has 0 aliphatic heterocycles. The molecule has 0 aliphatic rings. The number of nitro groups is 1. The van der Waals surface area contributed by atoms with E-state index >= 15 is 0 Å². The number of ether oxygens (including phenoxy) is 1. The van der Waals surface area contributed by atoms with E-state index in [0.29, 0.717) is 17.8 Å². The number of nitro benzene ring substituents is 1. The zero-order chi connectivity index (χ0) is 16.4. The van der Waals surface area contributed by atoms with E-state index in [1.54, 1.807) is 13.2 Å². The van der Waals surface area contributed by atoms with Gasteiger partial charge >= 0.3 is 0 Å². The number of imidazole rings is 1. The number of nitrogens with zero attached hydrogens (tertiary/aromatic N) is 2. The van der Waals surface area contributed by atoms with E-state index in [4.69, 9.17) is 10.5 Å². The van der Waals surface area contributed by atoms with Crippen molar-refractivity contribution in [1.29, 1.82) is 0 Å². The van der Waals surface area contributed by atoms with Crippen LogP contribution in [0.5, 0.6) is 5.75 Å². The molecule has 0 radical (unpaired) electrons. The number of benzene rings is 2. The normalized spacial score (nSPS) is 12.3. The lowest BCUT2D eigenvalue weighted by atomic mass is 10.1. The molecule has 3 rings (SSSR count). The number of fused-ring (bicyclic) bond motifs is 1. The van der Waals surface area contributed by atoms with Crippen LogP contribution in [0.1, 0.15) is 17.4 Å². The summed E-state index contributed by atoms with van der Waals surface area (Å²) in [6, 6.07) is 11.9. The van der Waals surface area contributed by atoms with Gasteiger partial charge in [-0.15, -0.1) is 0 Å². The first-order chi connectivity index (χ1) is 11.1. The molecule has 7 nitrogen and oxygen atoms in total. The SMILES string of the molecule is COc1ccc(C[C@@H](N)c2nc3cc([N+](=O)[O-])ccc3[nH]2)cc1. The average molecular weight is 312 g/mol. The molecule has 0 aliphatic carbocycles. The van der Waals surface area contributed by atoms with Gasteiger partial charge in [0.25, 0.3) is 5.69 Å². The molecular weight excluding hydrogens is 296 g/mol. The quantitative estimate of drug-likeness (QED) is 0.556. The molecule has 0 unspecified atom stereocenters. The zero-order valence-electron chi connectivity index (χ0n) is 12.5. The summed E-state index contributed by atoms with van der Waals surface area (Å²) in [7, 11) is 1.62. The number of hydrogen-bond donors (Lipinski definition) is 2. The Kier molecular flexibility index (Phi) is 3.94. The Morgan fingerprint density at radius 3 is 2.70 bits per heavy atom. The number of H-pyrrole nitrogens is 1. The zero-order valence-corrected chi connectivity index (χ0v) is 12.5. The lowest BCUT2D eigenvalue weighted by molar-refractivity contribution is -0.384. The molecule has 1 heterocycles. The van der Waals surface area contributed by atoms with Crippen molar-refractivity contribution in [2.45, 2.75) is 12.5 Å². The van der Waals surface area contributed by atoms with Crippen LogP contribution in [0.2, 0.25) is 0 Å². The molecule has 0 saturated heterocycles. The second-order valence-electron chi connectivity index (χ2n) is 5.24. The van der Waals surface area contributed by atoms with Gasteiger partial charge in [0.2, 0.25) is 0 Å². The van der Waals surface area contributed by atoms with Crippen LogP contribution in [0.3, 0.4) is 0 Å². The van der Waals surface area contributed by atoms with Crippen molar-refractivity contribution < 1.29 is 9.66 Å². The first-order valence-corrected chi connectivity index (χ1v) is 7.09. The molecule has 1 aromatic heterocycles. The van der Waals surface area contributed by atoms with Crippen LogP contribution >= 0.6 is 0 Å². The molecule has 3 aromatic rings. The Morgan fingerprint density at radius 2 is 2.04 bits per heavy atom. The molecule has 118 valence electrons. The predicted molar refractivity (Wildman–Crippen MR) is 86.4 cm³/mol. The fraction of sp³-hybridized carbons (Fsp3) is 0.188. The highest BCUT2D eigenvalue weighted by molar-refractivity contribution is 5.77. The van der Waals surface area contributed by atoms with Crippen LogP contribution in [-0.4, -0.2) is 22.0 Å². The summed E-state index contributed by atoms with van der Waals surface area (Å²) in [5.74, 6) is 1.40. The van der Waals surface area contributed by atoms with Crippen molar-refractivity contribution >= 4 is 16.7 Å². The van der Waals surface area contributed by atoms with Gasteiger partial charge in [-0.3, -0.25) is 10.1 Å². The fourth-order valence-corrected chi connectivity index (χ4v) is 2.42. The number of nitrogens with one attached hydrogen (secondary N) is 1. The highest BCUT2D eigenvalue weighted by Gasteiger charge is 2.14. The summed E-state index contributed by atoms with van der Waals surface area (Å²) in [4.78, 5) is 17.9. The molecule has 0 saturated carbocycles. The van der Waals surface area contributed by atoms with E-state index in [-0.39, 0.29) is 11.7 Å².